The Morgan fingerprint density at radius 2 is 1.59 bits per heavy atom. The van der Waals surface area contributed by atoms with Gasteiger partial charge < -0.3 is 24.7 Å². The summed E-state index contributed by atoms with van der Waals surface area (Å²) in [6.45, 7) is -2.12. The van der Waals surface area contributed by atoms with Crippen LogP contribution in [0.5, 0.6) is 17.2 Å². The van der Waals surface area contributed by atoms with E-state index in [1.165, 1.54) is 6.07 Å². The van der Waals surface area contributed by atoms with Crippen LogP contribution in [-0.2, 0) is 18.2 Å². The fourth-order valence-electron chi connectivity index (χ4n) is 4.27. The van der Waals surface area contributed by atoms with Crippen LogP contribution in [0.3, 0.4) is 0 Å². The van der Waals surface area contributed by atoms with Crippen molar-refractivity contribution in [3.05, 3.63) is 75.5 Å². The Bertz CT molecular complexity index is 1390. The number of aromatic nitrogens is 1. The summed E-state index contributed by atoms with van der Waals surface area (Å²) in [6, 6.07) is 9.20. The van der Waals surface area contributed by atoms with Gasteiger partial charge in [-0.05, 0) is 73.4 Å². The highest BCUT2D eigenvalue weighted by Gasteiger charge is 2.27. The van der Waals surface area contributed by atoms with Gasteiger partial charge in [0.05, 0.1) is 24.5 Å². The number of benzene rings is 2. The van der Waals surface area contributed by atoms with Crippen LogP contribution in [0.4, 0.5) is 14.5 Å². The smallest absolute Gasteiger partial charge is 0.387 e. The van der Waals surface area contributed by atoms with Crippen molar-refractivity contribution in [2.75, 3.05) is 18.9 Å². The number of alkyl halides is 2. The number of ether oxygens (including phenoxy) is 4. The first-order valence-corrected chi connectivity index (χ1v) is 14.2. The minimum atomic E-state index is -3.03. The average molecular weight is 608 g/mol. The molecule has 11 heteroatoms. The lowest BCUT2D eigenvalue weighted by Crippen LogP contribution is -2.27. The van der Waals surface area contributed by atoms with Crippen LogP contribution in [0.2, 0.25) is 10.0 Å². The van der Waals surface area contributed by atoms with Gasteiger partial charge in [-0.25, -0.2) is 9.36 Å². The second-order valence-electron chi connectivity index (χ2n) is 10.5. The van der Waals surface area contributed by atoms with Gasteiger partial charge in [0.2, 0.25) is 0 Å². The number of esters is 1. The topological polar surface area (TPSA) is 83.9 Å². The fraction of sp³-hybridized carbons (Fsp3) is 0.400. The van der Waals surface area contributed by atoms with Gasteiger partial charge in [-0.15, -0.1) is 0 Å². The van der Waals surface area contributed by atoms with E-state index in [1.54, 1.807) is 54.3 Å². The lowest BCUT2D eigenvalue weighted by molar-refractivity contribution is -0.671. The number of carbonyl (C=O) groups is 1. The number of halogens is 4. The van der Waals surface area contributed by atoms with E-state index in [4.69, 9.17) is 43.1 Å². The van der Waals surface area contributed by atoms with E-state index in [0.717, 1.165) is 25.7 Å². The predicted octanol–water partition coefficient (Wildman–Crippen LogP) is 6.72. The number of nitrogens with zero attached hydrogens (tertiary/aromatic N) is 1. The van der Waals surface area contributed by atoms with Gasteiger partial charge in [0, 0.05) is 12.0 Å². The summed E-state index contributed by atoms with van der Waals surface area (Å²) in [7, 11) is 1.79. The normalized spacial score (nSPS) is 15.5. The molecule has 1 aromatic heterocycles. The third-order valence-electron chi connectivity index (χ3n) is 7.00. The molecular weight excluding hydrogens is 577 g/mol. The third-order valence-corrected chi connectivity index (χ3v) is 7.65. The van der Waals surface area contributed by atoms with Crippen LogP contribution < -0.4 is 24.5 Å². The number of nitrogen functional groups attached to an aromatic ring is 1. The number of carbonyl (C=O) groups excluding carboxylic acids is 1. The van der Waals surface area contributed by atoms with E-state index in [9.17, 15) is 13.6 Å². The molecule has 0 saturated heterocycles. The highest BCUT2D eigenvalue weighted by molar-refractivity contribution is 6.35. The lowest BCUT2D eigenvalue weighted by atomic mass is 10.0. The van der Waals surface area contributed by atoms with E-state index in [1.807, 2.05) is 0 Å². The molecular formula is C30H31Cl2F2N2O5+. The van der Waals surface area contributed by atoms with Crippen molar-refractivity contribution in [1.82, 2.24) is 0 Å². The molecule has 2 aliphatic rings. The largest absolute Gasteiger partial charge is 0.491 e. The van der Waals surface area contributed by atoms with E-state index >= 15 is 0 Å². The SMILES string of the molecule is C[n+]1cc(Cl)c(C[C@H](OC(=O)c2ccc(N)c(OCC3CC3)c2)c2ccc(OC(F)F)c(OCC3CC3)c2)c(Cl)c1. The maximum atomic E-state index is 13.4. The quantitative estimate of drug-likeness (QED) is 0.132. The van der Waals surface area contributed by atoms with Crippen LogP contribution in [-0.4, -0.2) is 25.8 Å². The van der Waals surface area contributed by atoms with Gasteiger partial charge in [-0.1, -0.05) is 29.3 Å². The molecule has 0 radical (unpaired) electrons. The number of anilines is 1. The molecule has 0 amide bonds. The first-order chi connectivity index (χ1) is 19.7. The highest BCUT2D eigenvalue weighted by Crippen LogP contribution is 2.38. The zero-order valence-corrected chi connectivity index (χ0v) is 24.0. The lowest BCUT2D eigenvalue weighted by Gasteiger charge is -2.21. The number of aryl methyl sites for hydroxylation is 1. The van der Waals surface area contributed by atoms with Crippen LogP contribution in [0.15, 0.2) is 48.8 Å². The maximum absolute atomic E-state index is 13.4. The third kappa shape index (κ3) is 7.92. The Kier molecular flexibility index (Phi) is 9.04. The molecule has 41 heavy (non-hydrogen) atoms. The highest BCUT2D eigenvalue weighted by atomic mass is 35.5. The van der Waals surface area contributed by atoms with E-state index in [0.29, 0.717) is 57.7 Å². The minimum Gasteiger partial charge on any atom is -0.491 e. The number of nitrogens with two attached hydrogens (primary N) is 1. The van der Waals surface area contributed by atoms with Crippen LogP contribution in [0.1, 0.15) is 53.3 Å². The number of pyridine rings is 1. The molecule has 0 aliphatic heterocycles. The van der Waals surface area contributed by atoms with Crippen LogP contribution in [0, 0.1) is 11.8 Å². The molecule has 1 atom stereocenters. The van der Waals surface area contributed by atoms with Crippen molar-refractivity contribution in [3.63, 3.8) is 0 Å². The number of hydrogen-bond acceptors (Lipinski definition) is 6. The Hall–Kier alpha value is -3.30. The van der Waals surface area contributed by atoms with Gasteiger partial charge in [-0.2, -0.15) is 8.78 Å². The maximum Gasteiger partial charge on any atom is 0.387 e. The second-order valence-corrected chi connectivity index (χ2v) is 11.4. The molecule has 7 nitrogen and oxygen atoms in total. The van der Waals surface area contributed by atoms with Crippen molar-refractivity contribution >= 4 is 34.9 Å². The van der Waals surface area contributed by atoms with Gasteiger partial charge in [-0.3, -0.25) is 0 Å². The summed E-state index contributed by atoms with van der Waals surface area (Å²) in [5, 5.41) is 0.763. The Labute approximate surface area is 247 Å². The first kappa shape index (κ1) is 29.2. The Morgan fingerprint density at radius 3 is 2.20 bits per heavy atom. The van der Waals surface area contributed by atoms with E-state index < -0.39 is 18.7 Å². The van der Waals surface area contributed by atoms with Gasteiger partial charge in [0.15, 0.2) is 23.9 Å². The van der Waals surface area contributed by atoms with Crippen LogP contribution >= 0.6 is 23.2 Å². The summed E-state index contributed by atoms with van der Waals surface area (Å²) >= 11 is 13.0. The van der Waals surface area contributed by atoms with E-state index in [2.05, 4.69) is 4.74 Å². The molecule has 0 bridgehead atoms. The number of hydrogen-bond donors (Lipinski definition) is 1. The summed E-state index contributed by atoms with van der Waals surface area (Å²) in [5.74, 6) is 0.687. The second kappa shape index (κ2) is 12.7. The van der Waals surface area contributed by atoms with Gasteiger partial charge >= 0.3 is 12.6 Å². The Balaban J connectivity index is 1.45. The van der Waals surface area contributed by atoms with Crippen molar-refractivity contribution < 1.29 is 37.1 Å². The molecule has 2 aromatic carbocycles. The standard InChI is InChI=1S/C30H30Cl2F2N2O5/c1-36-13-22(31)21(23(32)14-36)12-26(19-7-9-25(41-30(33)34)28(10-19)39-16-18-4-5-18)40-29(37)20-6-8-24(35)27(11-20)38-15-17-2-3-17/h6-11,13-14,17-18,26,30H,2-5,12,15-16H2,1H3,(H-,35,37)/p+1/t26-/m0/s1. The molecule has 2 N–H and O–H groups in total. The average Bonchev–Trinajstić information content (AvgIpc) is 3.84. The fourth-order valence-corrected chi connectivity index (χ4v) is 4.99. The van der Waals surface area contributed by atoms with Crippen molar-refractivity contribution in [2.24, 2.45) is 18.9 Å². The van der Waals surface area contributed by atoms with Crippen LogP contribution in [0.25, 0.3) is 0 Å². The molecule has 3 aromatic rings. The van der Waals surface area contributed by atoms with Crippen molar-refractivity contribution in [2.45, 2.75) is 44.8 Å². The summed E-state index contributed by atoms with van der Waals surface area (Å²) in [5.41, 5.74) is 7.78. The zero-order chi connectivity index (χ0) is 29.1. The Morgan fingerprint density at radius 1 is 0.951 bits per heavy atom. The summed E-state index contributed by atoms with van der Waals surface area (Å²) in [4.78, 5) is 13.4. The van der Waals surface area contributed by atoms with E-state index in [-0.39, 0.29) is 23.5 Å². The van der Waals surface area contributed by atoms with Gasteiger partial charge in [0.1, 0.15) is 28.9 Å². The summed E-state index contributed by atoms with van der Waals surface area (Å²) in [6.07, 6.45) is 6.84. The molecule has 0 spiro atoms. The summed E-state index contributed by atoms with van der Waals surface area (Å²) < 4.78 is 50.3. The monoisotopic (exact) mass is 607 g/mol. The molecule has 218 valence electrons. The molecule has 5 rings (SSSR count). The molecule has 0 unspecified atom stereocenters. The molecule has 2 fully saturated rings. The number of rotatable bonds is 13. The van der Waals surface area contributed by atoms with Gasteiger partial charge in [0.25, 0.3) is 0 Å². The zero-order valence-electron chi connectivity index (χ0n) is 22.5. The van der Waals surface area contributed by atoms with Crippen molar-refractivity contribution in [3.8, 4) is 17.2 Å². The molecule has 2 saturated carbocycles. The predicted molar refractivity (Wildman–Crippen MR) is 150 cm³/mol. The minimum absolute atomic E-state index is 0.103. The van der Waals surface area contributed by atoms with Crippen molar-refractivity contribution in [1.29, 1.82) is 0 Å². The molecule has 1 heterocycles. The first-order valence-electron chi connectivity index (χ1n) is 13.4. The molecule has 2 aliphatic carbocycles.